The van der Waals surface area contributed by atoms with Gasteiger partial charge in [0.05, 0.1) is 10.6 Å². The predicted molar refractivity (Wildman–Crippen MR) is 69.4 cm³/mol. The van der Waals surface area contributed by atoms with Gasteiger partial charge in [-0.25, -0.2) is 8.78 Å². The summed E-state index contributed by atoms with van der Waals surface area (Å²) in [4.78, 5) is 14.2. The number of carbonyl (C=O) groups excluding carboxylic acids is 1. The Bertz CT molecular complexity index is 488. The Morgan fingerprint density at radius 3 is 2.53 bits per heavy atom. The highest BCUT2D eigenvalue weighted by molar-refractivity contribution is 6.33. The quantitative estimate of drug-likeness (QED) is 0.848. The number of rotatable bonds is 2. The van der Waals surface area contributed by atoms with Gasteiger partial charge in [0.1, 0.15) is 0 Å². The average molecular weight is 289 g/mol. The maximum atomic E-state index is 13.1. The Morgan fingerprint density at radius 1 is 1.32 bits per heavy atom. The second-order valence-electron chi connectivity index (χ2n) is 4.80. The van der Waals surface area contributed by atoms with Crippen molar-refractivity contribution < 1.29 is 13.6 Å². The van der Waals surface area contributed by atoms with Crippen LogP contribution in [0.4, 0.5) is 8.78 Å². The fourth-order valence-corrected chi connectivity index (χ4v) is 2.35. The van der Waals surface area contributed by atoms with Crippen LogP contribution in [-0.4, -0.2) is 37.0 Å². The van der Waals surface area contributed by atoms with Crippen molar-refractivity contribution in [3.8, 4) is 0 Å². The van der Waals surface area contributed by atoms with Crippen LogP contribution in [0, 0.1) is 11.6 Å². The lowest BCUT2D eigenvalue weighted by atomic mass is 10.0. The third kappa shape index (κ3) is 3.42. The van der Waals surface area contributed by atoms with E-state index in [9.17, 15) is 13.6 Å². The molecule has 1 amide bonds. The first-order chi connectivity index (χ1) is 8.97. The Hall–Kier alpha value is -1.20. The number of nitrogens with one attached hydrogen (secondary N) is 1. The standard InChI is InChI=1S/C13H15ClF2N2O/c1-18-4-2-8(3-5-18)17-13(19)9-6-11(15)12(16)7-10(9)14/h6-8H,2-5H2,1H3,(H,17,19). The van der Waals surface area contributed by atoms with Crippen molar-refractivity contribution in [2.45, 2.75) is 18.9 Å². The highest BCUT2D eigenvalue weighted by Crippen LogP contribution is 2.20. The number of nitrogens with zero attached hydrogens (tertiary/aromatic N) is 1. The summed E-state index contributed by atoms with van der Waals surface area (Å²) in [7, 11) is 2.02. The molecule has 1 saturated heterocycles. The first-order valence-corrected chi connectivity index (χ1v) is 6.49. The first-order valence-electron chi connectivity index (χ1n) is 6.11. The van der Waals surface area contributed by atoms with Gasteiger partial charge < -0.3 is 10.2 Å². The molecule has 1 N–H and O–H groups in total. The van der Waals surface area contributed by atoms with Gasteiger partial charge in [-0.05, 0) is 45.1 Å². The number of halogens is 3. The number of hydrogen-bond acceptors (Lipinski definition) is 2. The van der Waals surface area contributed by atoms with Crippen molar-refractivity contribution in [3.05, 3.63) is 34.4 Å². The second-order valence-corrected chi connectivity index (χ2v) is 5.20. The largest absolute Gasteiger partial charge is 0.349 e. The number of hydrogen-bond donors (Lipinski definition) is 1. The van der Waals surface area contributed by atoms with Crippen LogP contribution in [0.2, 0.25) is 5.02 Å². The van der Waals surface area contributed by atoms with Crippen molar-refractivity contribution in [1.29, 1.82) is 0 Å². The fourth-order valence-electron chi connectivity index (χ4n) is 2.11. The molecule has 0 unspecified atom stereocenters. The zero-order chi connectivity index (χ0) is 14.0. The Morgan fingerprint density at radius 2 is 1.89 bits per heavy atom. The molecule has 1 aromatic rings. The van der Waals surface area contributed by atoms with Crippen LogP contribution in [0.1, 0.15) is 23.2 Å². The maximum absolute atomic E-state index is 13.1. The summed E-state index contributed by atoms with van der Waals surface area (Å²) in [5.74, 6) is -2.59. The van der Waals surface area contributed by atoms with Crippen LogP contribution in [0.15, 0.2) is 12.1 Å². The van der Waals surface area contributed by atoms with Crippen LogP contribution in [-0.2, 0) is 0 Å². The van der Waals surface area contributed by atoms with Crippen molar-refractivity contribution in [1.82, 2.24) is 10.2 Å². The molecular formula is C13H15ClF2N2O. The summed E-state index contributed by atoms with van der Waals surface area (Å²) < 4.78 is 26.1. The van der Waals surface area contributed by atoms with Crippen molar-refractivity contribution in [2.24, 2.45) is 0 Å². The highest BCUT2D eigenvalue weighted by Gasteiger charge is 2.21. The molecule has 0 aromatic heterocycles. The van der Waals surface area contributed by atoms with E-state index in [4.69, 9.17) is 11.6 Å². The normalized spacial score (nSPS) is 17.5. The van der Waals surface area contributed by atoms with Crippen LogP contribution in [0.25, 0.3) is 0 Å². The average Bonchev–Trinajstić information content (AvgIpc) is 2.36. The number of likely N-dealkylation sites (tertiary alicyclic amines) is 1. The van der Waals surface area contributed by atoms with E-state index in [2.05, 4.69) is 10.2 Å². The van der Waals surface area contributed by atoms with E-state index in [0.717, 1.165) is 38.1 Å². The first kappa shape index (κ1) is 14.2. The van der Waals surface area contributed by atoms with Gasteiger partial charge in [-0.3, -0.25) is 4.79 Å². The third-order valence-electron chi connectivity index (χ3n) is 3.31. The van der Waals surface area contributed by atoms with E-state index < -0.39 is 17.5 Å². The number of amides is 1. The van der Waals surface area contributed by atoms with Gasteiger partial charge in [0, 0.05) is 6.04 Å². The molecular weight excluding hydrogens is 274 g/mol. The summed E-state index contributed by atoms with van der Waals surface area (Å²) in [5, 5.41) is 2.72. The molecule has 0 aliphatic carbocycles. The molecule has 0 radical (unpaired) electrons. The van der Waals surface area contributed by atoms with E-state index in [1.807, 2.05) is 7.05 Å². The molecule has 0 spiro atoms. The van der Waals surface area contributed by atoms with Crippen LogP contribution < -0.4 is 5.32 Å². The molecule has 1 heterocycles. The van der Waals surface area contributed by atoms with E-state index in [1.54, 1.807) is 0 Å². The second kappa shape index (κ2) is 5.84. The number of carbonyl (C=O) groups is 1. The van der Waals surface area contributed by atoms with Gasteiger partial charge in [0.2, 0.25) is 0 Å². The van der Waals surface area contributed by atoms with Crippen LogP contribution in [0.3, 0.4) is 0 Å². The van der Waals surface area contributed by atoms with Crippen molar-refractivity contribution in [2.75, 3.05) is 20.1 Å². The maximum Gasteiger partial charge on any atom is 0.253 e. The van der Waals surface area contributed by atoms with Gasteiger partial charge in [0.25, 0.3) is 5.91 Å². The Labute approximate surface area is 115 Å². The van der Waals surface area contributed by atoms with Gasteiger partial charge in [-0.1, -0.05) is 11.6 Å². The smallest absolute Gasteiger partial charge is 0.253 e. The van der Waals surface area contributed by atoms with Crippen LogP contribution >= 0.6 is 11.6 Å². The number of piperidine rings is 1. The minimum Gasteiger partial charge on any atom is -0.349 e. The topological polar surface area (TPSA) is 32.3 Å². The zero-order valence-corrected chi connectivity index (χ0v) is 11.3. The van der Waals surface area contributed by atoms with Gasteiger partial charge >= 0.3 is 0 Å². The number of benzene rings is 1. The molecule has 19 heavy (non-hydrogen) atoms. The molecule has 1 fully saturated rings. The van der Waals surface area contributed by atoms with Crippen LogP contribution in [0.5, 0.6) is 0 Å². The summed E-state index contributed by atoms with van der Waals surface area (Å²) in [6, 6.07) is 1.70. The summed E-state index contributed by atoms with van der Waals surface area (Å²) >= 11 is 5.76. The van der Waals surface area contributed by atoms with E-state index in [1.165, 1.54) is 0 Å². The monoisotopic (exact) mass is 288 g/mol. The Kier molecular flexibility index (Phi) is 4.37. The summed E-state index contributed by atoms with van der Waals surface area (Å²) in [6.07, 6.45) is 1.67. The molecule has 2 rings (SSSR count). The molecule has 0 saturated carbocycles. The molecule has 1 aliphatic rings. The van der Waals surface area contributed by atoms with Gasteiger partial charge in [-0.2, -0.15) is 0 Å². The minimum absolute atomic E-state index is 0.0282. The molecule has 1 aliphatic heterocycles. The SMILES string of the molecule is CN1CCC(NC(=O)c2cc(F)c(F)cc2Cl)CC1. The highest BCUT2D eigenvalue weighted by atomic mass is 35.5. The zero-order valence-electron chi connectivity index (χ0n) is 10.5. The molecule has 3 nitrogen and oxygen atoms in total. The van der Waals surface area contributed by atoms with E-state index >= 15 is 0 Å². The van der Waals surface area contributed by atoms with E-state index in [-0.39, 0.29) is 16.6 Å². The molecule has 0 bridgehead atoms. The molecule has 104 valence electrons. The Balaban J connectivity index is 2.06. The lowest BCUT2D eigenvalue weighted by molar-refractivity contribution is 0.0916. The summed E-state index contributed by atoms with van der Waals surface area (Å²) in [5.41, 5.74) is -0.0282. The lowest BCUT2D eigenvalue weighted by Gasteiger charge is -2.29. The van der Waals surface area contributed by atoms with Gasteiger partial charge in [-0.15, -0.1) is 0 Å². The lowest BCUT2D eigenvalue weighted by Crippen LogP contribution is -2.43. The van der Waals surface area contributed by atoms with Crippen molar-refractivity contribution in [3.63, 3.8) is 0 Å². The van der Waals surface area contributed by atoms with Gasteiger partial charge in [0.15, 0.2) is 11.6 Å². The molecule has 0 atom stereocenters. The third-order valence-corrected chi connectivity index (χ3v) is 3.62. The fraction of sp³-hybridized carbons (Fsp3) is 0.462. The summed E-state index contributed by atoms with van der Waals surface area (Å²) in [6.45, 7) is 1.80. The predicted octanol–water partition coefficient (Wildman–Crippen LogP) is 2.44. The minimum atomic E-state index is -1.07. The molecule has 1 aromatic carbocycles. The van der Waals surface area contributed by atoms with Crippen molar-refractivity contribution >= 4 is 17.5 Å². The molecule has 6 heteroatoms. The van der Waals surface area contributed by atoms with E-state index in [0.29, 0.717) is 0 Å².